The number of H-pyrrole nitrogens is 1. The summed E-state index contributed by atoms with van der Waals surface area (Å²) in [7, 11) is 0. The average Bonchev–Trinajstić information content (AvgIpc) is 3.17. The summed E-state index contributed by atoms with van der Waals surface area (Å²) >= 11 is 0. The van der Waals surface area contributed by atoms with Crippen molar-refractivity contribution in [3.8, 4) is 11.1 Å². The summed E-state index contributed by atoms with van der Waals surface area (Å²) in [6, 6.07) is 18.4. The quantitative estimate of drug-likeness (QED) is 0.544. The van der Waals surface area contributed by atoms with E-state index in [1.54, 1.807) is 0 Å². The number of nitrogens with one attached hydrogen (secondary N) is 2. The highest BCUT2D eigenvalue weighted by Gasteiger charge is 2.21. The topological polar surface area (TPSA) is 70.1 Å². The van der Waals surface area contributed by atoms with Crippen molar-refractivity contribution in [1.29, 1.82) is 0 Å². The standard InChI is InChI=1S/C22H22N4O/c1-15(16-11-13-18(14-12-16)17-7-3-2-4-8-17)23-26-22(27)21-19-9-5-6-10-20(19)24-25-21/h2-4,7-8,11-14H,5-6,9-10H2,1H3,(H,24,25)(H,26,27). The van der Waals surface area contributed by atoms with Gasteiger partial charge in [0.05, 0.1) is 5.71 Å². The third-order valence-corrected chi connectivity index (χ3v) is 5.01. The molecule has 3 aromatic rings. The van der Waals surface area contributed by atoms with Crippen molar-refractivity contribution < 1.29 is 4.79 Å². The van der Waals surface area contributed by atoms with Crippen molar-refractivity contribution in [3.05, 3.63) is 77.1 Å². The fraction of sp³-hybridized carbons (Fsp3) is 0.227. The molecule has 1 amide bonds. The van der Waals surface area contributed by atoms with Crippen LogP contribution in [0.25, 0.3) is 11.1 Å². The van der Waals surface area contributed by atoms with Gasteiger partial charge in [0.1, 0.15) is 0 Å². The Kier molecular flexibility index (Phi) is 4.83. The van der Waals surface area contributed by atoms with Crippen LogP contribution in [0.3, 0.4) is 0 Å². The van der Waals surface area contributed by atoms with Crippen molar-refractivity contribution in [2.45, 2.75) is 32.6 Å². The normalized spacial score (nSPS) is 13.9. The van der Waals surface area contributed by atoms with Gasteiger partial charge in [-0.3, -0.25) is 9.89 Å². The molecular weight excluding hydrogens is 336 g/mol. The Bertz CT molecular complexity index is 971. The number of aromatic nitrogens is 2. The third-order valence-electron chi connectivity index (χ3n) is 5.01. The number of aromatic amines is 1. The highest BCUT2D eigenvalue weighted by Crippen LogP contribution is 2.22. The van der Waals surface area contributed by atoms with E-state index >= 15 is 0 Å². The van der Waals surface area contributed by atoms with E-state index in [4.69, 9.17) is 0 Å². The Labute approximate surface area is 158 Å². The van der Waals surface area contributed by atoms with Crippen molar-refractivity contribution in [3.63, 3.8) is 0 Å². The van der Waals surface area contributed by atoms with E-state index < -0.39 is 0 Å². The minimum atomic E-state index is -0.255. The fourth-order valence-electron chi connectivity index (χ4n) is 3.46. The van der Waals surface area contributed by atoms with Gasteiger partial charge in [-0.25, -0.2) is 5.43 Å². The van der Waals surface area contributed by atoms with E-state index in [1.807, 2.05) is 37.3 Å². The third kappa shape index (κ3) is 3.67. The first-order valence-corrected chi connectivity index (χ1v) is 9.29. The molecule has 4 rings (SSSR count). The molecule has 0 fully saturated rings. The Hall–Kier alpha value is -3.21. The number of carbonyl (C=O) groups is 1. The maximum atomic E-state index is 12.5. The summed E-state index contributed by atoms with van der Waals surface area (Å²) in [5.41, 5.74) is 9.30. The molecule has 27 heavy (non-hydrogen) atoms. The van der Waals surface area contributed by atoms with E-state index in [9.17, 15) is 4.79 Å². The number of nitrogens with zero attached hydrogens (tertiary/aromatic N) is 2. The van der Waals surface area contributed by atoms with Crippen LogP contribution in [0.2, 0.25) is 0 Å². The first-order chi connectivity index (χ1) is 13.2. The molecule has 2 N–H and O–H groups in total. The summed E-state index contributed by atoms with van der Waals surface area (Å²) in [5.74, 6) is -0.255. The molecule has 5 nitrogen and oxygen atoms in total. The monoisotopic (exact) mass is 358 g/mol. The van der Waals surface area contributed by atoms with E-state index in [0.29, 0.717) is 5.69 Å². The number of hydrogen-bond donors (Lipinski definition) is 2. The van der Waals surface area contributed by atoms with E-state index in [0.717, 1.165) is 53.8 Å². The summed E-state index contributed by atoms with van der Waals surface area (Å²) < 4.78 is 0. The van der Waals surface area contributed by atoms with Crippen LogP contribution in [0.15, 0.2) is 59.7 Å². The zero-order chi connectivity index (χ0) is 18.6. The molecular formula is C22H22N4O. The molecule has 2 aromatic carbocycles. The second kappa shape index (κ2) is 7.58. The number of amides is 1. The largest absolute Gasteiger partial charge is 0.292 e. The summed E-state index contributed by atoms with van der Waals surface area (Å²) in [6.07, 6.45) is 4.11. The zero-order valence-electron chi connectivity index (χ0n) is 15.3. The number of benzene rings is 2. The average molecular weight is 358 g/mol. The Morgan fingerprint density at radius 3 is 2.48 bits per heavy atom. The van der Waals surface area contributed by atoms with Crippen LogP contribution in [-0.4, -0.2) is 21.8 Å². The fourth-order valence-corrected chi connectivity index (χ4v) is 3.46. The molecule has 0 bridgehead atoms. The molecule has 0 spiro atoms. The van der Waals surface area contributed by atoms with Crippen LogP contribution in [0, 0.1) is 0 Å². The van der Waals surface area contributed by atoms with Crippen LogP contribution in [0.5, 0.6) is 0 Å². The number of rotatable bonds is 4. The summed E-state index contributed by atoms with van der Waals surface area (Å²) in [5, 5.41) is 11.4. The lowest BCUT2D eigenvalue weighted by Crippen LogP contribution is -2.21. The first-order valence-electron chi connectivity index (χ1n) is 9.29. The molecule has 1 heterocycles. The van der Waals surface area contributed by atoms with E-state index in [-0.39, 0.29) is 5.91 Å². The smallest absolute Gasteiger partial charge is 0.281 e. The van der Waals surface area contributed by atoms with Crippen LogP contribution in [0.1, 0.15) is 47.1 Å². The van der Waals surface area contributed by atoms with Crippen molar-refractivity contribution in [2.75, 3.05) is 0 Å². The molecule has 0 saturated heterocycles. The summed E-state index contributed by atoms with van der Waals surface area (Å²) in [6.45, 7) is 1.89. The molecule has 0 atom stereocenters. The van der Waals surface area contributed by atoms with Gasteiger partial charge in [-0.2, -0.15) is 10.2 Å². The lowest BCUT2D eigenvalue weighted by atomic mass is 9.96. The minimum absolute atomic E-state index is 0.255. The molecule has 0 radical (unpaired) electrons. The second-order valence-electron chi connectivity index (χ2n) is 6.82. The molecule has 136 valence electrons. The van der Waals surface area contributed by atoms with Gasteiger partial charge in [-0.1, -0.05) is 54.6 Å². The Morgan fingerprint density at radius 1 is 1.00 bits per heavy atom. The number of hydrazone groups is 1. The van der Waals surface area contributed by atoms with Gasteiger partial charge >= 0.3 is 0 Å². The Balaban J connectivity index is 1.46. The van der Waals surface area contributed by atoms with Gasteiger partial charge in [0.25, 0.3) is 5.91 Å². The van der Waals surface area contributed by atoms with Gasteiger partial charge in [0.15, 0.2) is 5.69 Å². The predicted molar refractivity (Wildman–Crippen MR) is 107 cm³/mol. The minimum Gasteiger partial charge on any atom is -0.281 e. The molecule has 1 aromatic heterocycles. The first kappa shape index (κ1) is 17.2. The van der Waals surface area contributed by atoms with Gasteiger partial charge in [0, 0.05) is 11.3 Å². The van der Waals surface area contributed by atoms with Gasteiger partial charge in [-0.05, 0) is 49.3 Å². The van der Waals surface area contributed by atoms with E-state index in [1.165, 1.54) is 5.56 Å². The Morgan fingerprint density at radius 2 is 1.70 bits per heavy atom. The van der Waals surface area contributed by atoms with Crippen LogP contribution in [-0.2, 0) is 12.8 Å². The highest BCUT2D eigenvalue weighted by molar-refractivity contribution is 6.01. The number of carbonyl (C=O) groups excluding carboxylic acids is 1. The number of aryl methyl sites for hydroxylation is 1. The zero-order valence-corrected chi connectivity index (χ0v) is 15.3. The lowest BCUT2D eigenvalue weighted by molar-refractivity contribution is 0.0949. The van der Waals surface area contributed by atoms with Crippen molar-refractivity contribution in [1.82, 2.24) is 15.6 Å². The maximum Gasteiger partial charge on any atom is 0.292 e. The van der Waals surface area contributed by atoms with Crippen LogP contribution in [0.4, 0.5) is 0 Å². The van der Waals surface area contributed by atoms with Crippen molar-refractivity contribution >= 4 is 11.6 Å². The van der Waals surface area contributed by atoms with E-state index in [2.05, 4.69) is 45.0 Å². The molecule has 1 aliphatic carbocycles. The van der Waals surface area contributed by atoms with Crippen LogP contribution >= 0.6 is 0 Å². The van der Waals surface area contributed by atoms with Gasteiger partial charge < -0.3 is 0 Å². The number of fused-ring (bicyclic) bond motifs is 1. The maximum absolute atomic E-state index is 12.5. The molecule has 0 unspecified atom stereocenters. The lowest BCUT2D eigenvalue weighted by Gasteiger charge is -2.10. The number of hydrogen-bond acceptors (Lipinski definition) is 3. The van der Waals surface area contributed by atoms with Crippen molar-refractivity contribution in [2.24, 2.45) is 5.10 Å². The van der Waals surface area contributed by atoms with Crippen LogP contribution < -0.4 is 5.43 Å². The predicted octanol–water partition coefficient (Wildman–Crippen LogP) is 4.11. The molecule has 5 heteroatoms. The van der Waals surface area contributed by atoms with Gasteiger partial charge in [0.2, 0.25) is 0 Å². The molecule has 0 saturated carbocycles. The molecule has 1 aliphatic rings. The second-order valence-corrected chi connectivity index (χ2v) is 6.82. The summed E-state index contributed by atoms with van der Waals surface area (Å²) in [4.78, 5) is 12.5. The SMILES string of the molecule is CC(=NNC(=O)c1n[nH]c2c1CCCC2)c1ccc(-c2ccccc2)cc1. The highest BCUT2D eigenvalue weighted by atomic mass is 16.2. The molecule has 0 aliphatic heterocycles. The van der Waals surface area contributed by atoms with Gasteiger partial charge in [-0.15, -0.1) is 0 Å².